The SMILES string of the molecule is CC1CN(c2ncc(CO)s2)CCN1C(=O)Nc1ccc([Si](C)(C)C)cc1. The summed E-state index contributed by atoms with van der Waals surface area (Å²) in [6, 6.07) is 8.28. The molecule has 2 amide bonds. The van der Waals surface area contributed by atoms with Crippen molar-refractivity contribution >= 4 is 41.4 Å². The van der Waals surface area contributed by atoms with Gasteiger partial charge in [0.1, 0.15) is 0 Å². The van der Waals surface area contributed by atoms with E-state index in [4.69, 9.17) is 0 Å². The second-order valence-electron chi connectivity index (χ2n) is 8.01. The third-order valence-electron chi connectivity index (χ3n) is 4.86. The van der Waals surface area contributed by atoms with E-state index in [2.05, 4.69) is 53.9 Å². The summed E-state index contributed by atoms with van der Waals surface area (Å²) in [6.07, 6.45) is 1.72. The van der Waals surface area contributed by atoms with E-state index in [9.17, 15) is 9.90 Å². The van der Waals surface area contributed by atoms with Gasteiger partial charge in [0.25, 0.3) is 0 Å². The fraction of sp³-hybridized carbons (Fsp3) is 0.474. The van der Waals surface area contributed by atoms with E-state index in [1.807, 2.05) is 17.0 Å². The summed E-state index contributed by atoms with van der Waals surface area (Å²) in [5.41, 5.74) is 0.837. The summed E-state index contributed by atoms with van der Waals surface area (Å²) in [4.78, 5) is 22.0. The van der Waals surface area contributed by atoms with Gasteiger partial charge in [-0.25, -0.2) is 9.78 Å². The van der Waals surface area contributed by atoms with Crippen LogP contribution < -0.4 is 15.4 Å². The minimum Gasteiger partial charge on any atom is -0.391 e. The van der Waals surface area contributed by atoms with Gasteiger partial charge in [0.2, 0.25) is 0 Å². The van der Waals surface area contributed by atoms with Crippen LogP contribution in [0.5, 0.6) is 0 Å². The van der Waals surface area contributed by atoms with Crippen LogP contribution in [0.4, 0.5) is 15.6 Å². The number of carbonyl (C=O) groups is 1. The van der Waals surface area contributed by atoms with Crippen LogP contribution in [0.3, 0.4) is 0 Å². The van der Waals surface area contributed by atoms with Crippen LogP contribution in [-0.4, -0.2) is 54.8 Å². The highest BCUT2D eigenvalue weighted by Crippen LogP contribution is 2.25. The number of aromatic nitrogens is 1. The number of piperazine rings is 1. The lowest BCUT2D eigenvalue weighted by Crippen LogP contribution is -2.55. The molecule has 0 spiro atoms. The van der Waals surface area contributed by atoms with Crippen molar-refractivity contribution in [3.8, 4) is 0 Å². The molecule has 146 valence electrons. The second kappa shape index (κ2) is 8.00. The van der Waals surface area contributed by atoms with Gasteiger partial charge in [0.15, 0.2) is 5.13 Å². The molecule has 2 heterocycles. The second-order valence-corrected chi connectivity index (χ2v) is 14.2. The number of hydrogen-bond donors (Lipinski definition) is 2. The number of carbonyl (C=O) groups excluding carboxylic acids is 1. The molecule has 1 unspecified atom stereocenters. The van der Waals surface area contributed by atoms with Crippen molar-refractivity contribution in [2.24, 2.45) is 0 Å². The number of benzene rings is 1. The van der Waals surface area contributed by atoms with Gasteiger partial charge in [-0.05, 0) is 19.1 Å². The molecule has 1 saturated heterocycles. The Balaban J connectivity index is 1.59. The van der Waals surface area contributed by atoms with Crippen molar-refractivity contribution < 1.29 is 9.90 Å². The first-order chi connectivity index (χ1) is 12.8. The Morgan fingerprint density at radius 3 is 2.56 bits per heavy atom. The molecule has 27 heavy (non-hydrogen) atoms. The van der Waals surface area contributed by atoms with Crippen molar-refractivity contribution in [2.45, 2.75) is 39.2 Å². The lowest BCUT2D eigenvalue weighted by atomic mass is 10.2. The molecule has 1 aromatic carbocycles. The molecule has 6 nitrogen and oxygen atoms in total. The van der Waals surface area contributed by atoms with Gasteiger partial charge in [-0.15, -0.1) is 0 Å². The Kier molecular flexibility index (Phi) is 5.88. The molecule has 0 saturated carbocycles. The smallest absolute Gasteiger partial charge is 0.322 e. The first kappa shape index (κ1) is 19.8. The van der Waals surface area contributed by atoms with E-state index in [1.54, 1.807) is 6.20 Å². The summed E-state index contributed by atoms with van der Waals surface area (Å²) in [5, 5.41) is 14.5. The minimum atomic E-state index is -1.33. The van der Waals surface area contributed by atoms with Gasteiger partial charge in [0, 0.05) is 37.6 Å². The van der Waals surface area contributed by atoms with E-state index in [1.165, 1.54) is 16.5 Å². The van der Waals surface area contributed by atoms with E-state index in [-0.39, 0.29) is 18.7 Å². The number of amides is 2. The molecular formula is C19H28N4O2SSi. The minimum absolute atomic E-state index is 0.0199. The molecule has 0 aliphatic carbocycles. The quantitative estimate of drug-likeness (QED) is 0.769. The number of aliphatic hydroxyl groups excluding tert-OH is 1. The maximum absolute atomic E-state index is 12.7. The lowest BCUT2D eigenvalue weighted by Gasteiger charge is -2.39. The number of nitrogens with one attached hydrogen (secondary N) is 1. The van der Waals surface area contributed by atoms with Crippen LogP contribution in [0.1, 0.15) is 11.8 Å². The van der Waals surface area contributed by atoms with Crippen LogP contribution in [0.25, 0.3) is 0 Å². The molecule has 8 heteroatoms. The monoisotopic (exact) mass is 404 g/mol. The van der Waals surface area contributed by atoms with Gasteiger partial charge in [0.05, 0.1) is 19.6 Å². The van der Waals surface area contributed by atoms with Crippen LogP contribution >= 0.6 is 11.3 Å². The highest BCUT2D eigenvalue weighted by atomic mass is 32.1. The van der Waals surface area contributed by atoms with Crippen molar-refractivity contribution in [1.29, 1.82) is 0 Å². The third kappa shape index (κ3) is 4.69. The zero-order chi connectivity index (χ0) is 19.6. The maximum Gasteiger partial charge on any atom is 0.322 e. The number of rotatable bonds is 4. The number of thiazole rings is 1. The van der Waals surface area contributed by atoms with E-state index < -0.39 is 8.07 Å². The number of aliphatic hydroxyl groups is 1. The topological polar surface area (TPSA) is 68.7 Å². The van der Waals surface area contributed by atoms with Gasteiger partial charge in [-0.3, -0.25) is 0 Å². The summed E-state index contributed by atoms with van der Waals surface area (Å²) >= 11 is 1.51. The molecule has 0 bridgehead atoms. The Morgan fingerprint density at radius 1 is 1.30 bits per heavy atom. The summed E-state index contributed by atoms with van der Waals surface area (Å²) in [5.74, 6) is 0. The highest BCUT2D eigenvalue weighted by Gasteiger charge is 2.29. The van der Waals surface area contributed by atoms with Gasteiger partial charge >= 0.3 is 6.03 Å². The normalized spacial score (nSPS) is 17.9. The largest absolute Gasteiger partial charge is 0.391 e. The summed E-state index contributed by atoms with van der Waals surface area (Å²) in [7, 11) is -1.33. The predicted molar refractivity (Wildman–Crippen MR) is 115 cm³/mol. The van der Waals surface area contributed by atoms with Gasteiger partial charge in [-0.1, -0.05) is 48.3 Å². The molecule has 1 aliphatic rings. The van der Waals surface area contributed by atoms with Crippen LogP contribution in [0.2, 0.25) is 19.6 Å². The summed E-state index contributed by atoms with van der Waals surface area (Å²) < 4.78 is 0. The average molecular weight is 405 g/mol. The fourth-order valence-electron chi connectivity index (χ4n) is 3.20. The number of nitrogens with zero attached hydrogens (tertiary/aromatic N) is 3. The lowest BCUT2D eigenvalue weighted by molar-refractivity contribution is 0.185. The predicted octanol–water partition coefficient (Wildman–Crippen LogP) is 2.92. The molecule has 1 aromatic heterocycles. The average Bonchev–Trinajstić information content (AvgIpc) is 3.10. The molecular weight excluding hydrogens is 376 g/mol. The van der Waals surface area contributed by atoms with Crippen molar-refractivity contribution in [1.82, 2.24) is 9.88 Å². The maximum atomic E-state index is 12.7. The van der Waals surface area contributed by atoms with Crippen molar-refractivity contribution in [2.75, 3.05) is 29.9 Å². The molecule has 1 aliphatic heterocycles. The van der Waals surface area contributed by atoms with E-state index in [0.29, 0.717) is 6.54 Å². The van der Waals surface area contributed by atoms with Crippen molar-refractivity contribution in [3.63, 3.8) is 0 Å². The summed E-state index contributed by atoms with van der Waals surface area (Å²) in [6.45, 7) is 11.1. The van der Waals surface area contributed by atoms with Crippen LogP contribution in [0, 0.1) is 0 Å². The molecule has 2 N–H and O–H groups in total. The zero-order valence-electron chi connectivity index (χ0n) is 16.4. The molecule has 0 radical (unpaired) electrons. The third-order valence-corrected chi connectivity index (χ3v) is 7.97. The highest BCUT2D eigenvalue weighted by molar-refractivity contribution is 7.15. The van der Waals surface area contributed by atoms with Crippen LogP contribution in [-0.2, 0) is 6.61 Å². The van der Waals surface area contributed by atoms with Crippen LogP contribution in [0.15, 0.2) is 30.5 Å². The first-order valence-electron chi connectivity index (χ1n) is 9.26. The zero-order valence-corrected chi connectivity index (χ0v) is 18.2. The Morgan fingerprint density at radius 2 is 2.00 bits per heavy atom. The Labute approximate surface area is 165 Å². The number of hydrogen-bond acceptors (Lipinski definition) is 5. The Hall–Kier alpha value is -1.90. The van der Waals surface area contributed by atoms with Crippen molar-refractivity contribution in [3.05, 3.63) is 35.3 Å². The molecule has 2 aromatic rings. The number of urea groups is 1. The molecule has 3 rings (SSSR count). The van der Waals surface area contributed by atoms with E-state index >= 15 is 0 Å². The fourth-order valence-corrected chi connectivity index (χ4v) is 5.17. The van der Waals surface area contributed by atoms with Gasteiger partial charge < -0.3 is 20.2 Å². The molecule has 1 atom stereocenters. The molecule has 1 fully saturated rings. The van der Waals surface area contributed by atoms with E-state index in [0.717, 1.165) is 28.8 Å². The first-order valence-corrected chi connectivity index (χ1v) is 13.6. The van der Waals surface area contributed by atoms with Gasteiger partial charge in [-0.2, -0.15) is 0 Å². The Bertz CT molecular complexity index is 788. The standard InChI is InChI=1S/C19H28N4O2SSi/c1-14-12-22(19-20-11-16(13-24)26-19)9-10-23(14)18(25)21-15-5-7-17(8-6-15)27(2,3)4/h5-8,11,14,24H,9-10,12-13H2,1-4H3,(H,21,25). The number of anilines is 2.